The molecule has 0 fully saturated rings. The minimum absolute atomic E-state index is 0.0929. The van der Waals surface area contributed by atoms with Crippen LogP contribution in [0, 0.1) is 0 Å². The van der Waals surface area contributed by atoms with Gasteiger partial charge in [-0.3, -0.25) is 9.78 Å². The Kier molecular flexibility index (Phi) is 2.99. The van der Waals surface area contributed by atoms with Crippen LogP contribution in [0.4, 0.5) is 11.6 Å². The molecule has 7 nitrogen and oxygen atoms in total. The van der Waals surface area contributed by atoms with Crippen molar-refractivity contribution in [1.82, 2.24) is 19.7 Å². The van der Waals surface area contributed by atoms with Crippen LogP contribution < -0.4 is 10.6 Å². The van der Waals surface area contributed by atoms with Crippen LogP contribution in [0.15, 0.2) is 30.9 Å². The predicted molar refractivity (Wildman–Crippen MR) is 62.1 cm³/mol. The summed E-state index contributed by atoms with van der Waals surface area (Å²) in [5.74, 6) is 0.0322. The van der Waals surface area contributed by atoms with Gasteiger partial charge in [-0.25, -0.2) is 9.67 Å². The first-order valence-electron chi connectivity index (χ1n) is 4.98. The quantitative estimate of drug-likeness (QED) is 0.799. The zero-order valence-electron chi connectivity index (χ0n) is 9.32. The van der Waals surface area contributed by atoms with Crippen LogP contribution >= 0.6 is 0 Å². The van der Waals surface area contributed by atoms with Gasteiger partial charge in [0.1, 0.15) is 12.9 Å². The summed E-state index contributed by atoms with van der Waals surface area (Å²) < 4.78 is 1.39. The lowest BCUT2D eigenvalue weighted by atomic mass is 10.3. The van der Waals surface area contributed by atoms with Crippen molar-refractivity contribution in [2.75, 3.05) is 17.7 Å². The topological polar surface area (TPSA) is 89.9 Å². The molecule has 7 heteroatoms. The third-order valence-corrected chi connectivity index (χ3v) is 2.26. The Bertz CT molecular complexity index is 509. The second-order valence-electron chi connectivity index (χ2n) is 3.46. The van der Waals surface area contributed by atoms with E-state index in [2.05, 4.69) is 15.1 Å². The summed E-state index contributed by atoms with van der Waals surface area (Å²) in [6.45, 7) is 0.0929. The van der Waals surface area contributed by atoms with Crippen LogP contribution in [0.1, 0.15) is 0 Å². The number of pyridine rings is 1. The minimum Gasteiger partial charge on any atom is -0.367 e. The lowest BCUT2D eigenvalue weighted by Crippen LogP contribution is -2.30. The number of nitrogens with zero attached hydrogens (tertiary/aromatic N) is 5. The molecule has 17 heavy (non-hydrogen) atoms. The molecule has 2 aromatic rings. The maximum absolute atomic E-state index is 11.9. The Morgan fingerprint density at radius 2 is 2.41 bits per heavy atom. The van der Waals surface area contributed by atoms with Gasteiger partial charge in [0.25, 0.3) is 0 Å². The Morgan fingerprint density at radius 3 is 3.00 bits per heavy atom. The van der Waals surface area contributed by atoms with Gasteiger partial charge in [-0.2, -0.15) is 0 Å². The van der Waals surface area contributed by atoms with E-state index in [1.165, 1.54) is 15.9 Å². The van der Waals surface area contributed by atoms with Crippen molar-refractivity contribution in [3.8, 4) is 0 Å². The summed E-state index contributed by atoms with van der Waals surface area (Å²) in [5.41, 5.74) is 6.09. The maximum Gasteiger partial charge on any atom is 0.248 e. The molecule has 0 atom stereocenters. The van der Waals surface area contributed by atoms with Gasteiger partial charge in [-0.1, -0.05) is 0 Å². The summed E-state index contributed by atoms with van der Waals surface area (Å²) in [6.07, 6.45) is 4.69. The average molecular weight is 232 g/mol. The zero-order chi connectivity index (χ0) is 12.3. The van der Waals surface area contributed by atoms with Gasteiger partial charge in [0, 0.05) is 13.2 Å². The van der Waals surface area contributed by atoms with E-state index in [1.807, 2.05) is 0 Å². The van der Waals surface area contributed by atoms with E-state index >= 15 is 0 Å². The normalized spacial score (nSPS) is 10.2. The van der Waals surface area contributed by atoms with E-state index in [1.54, 1.807) is 31.6 Å². The average Bonchev–Trinajstić information content (AvgIpc) is 2.75. The van der Waals surface area contributed by atoms with E-state index in [9.17, 15) is 4.79 Å². The molecule has 0 saturated heterocycles. The number of nitrogens with two attached hydrogens (primary N) is 1. The standard InChI is InChI=1S/C10H12N6O/c1-15(8-3-2-4-12-5-8)9(17)6-16-7-13-10(11)14-16/h2-5,7H,6H2,1H3,(H2,11,14). The molecule has 88 valence electrons. The summed E-state index contributed by atoms with van der Waals surface area (Å²) in [7, 11) is 1.68. The molecule has 0 aromatic carbocycles. The number of amides is 1. The fraction of sp³-hybridized carbons (Fsp3) is 0.200. The zero-order valence-corrected chi connectivity index (χ0v) is 9.32. The lowest BCUT2D eigenvalue weighted by molar-refractivity contribution is -0.119. The van der Waals surface area contributed by atoms with Crippen molar-refractivity contribution in [3.63, 3.8) is 0 Å². The molecule has 0 spiro atoms. The molecule has 0 aliphatic heterocycles. The van der Waals surface area contributed by atoms with Crippen LogP contribution in [0.25, 0.3) is 0 Å². The van der Waals surface area contributed by atoms with Crippen molar-refractivity contribution in [2.45, 2.75) is 6.54 Å². The number of hydrogen-bond donors (Lipinski definition) is 1. The SMILES string of the molecule is CN(C(=O)Cn1cnc(N)n1)c1cccnc1. The second-order valence-corrected chi connectivity index (χ2v) is 3.46. The molecular formula is C10H12N6O. The molecule has 2 heterocycles. The summed E-state index contributed by atoms with van der Waals surface area (Å²) >= 11 is 0. The largest absolute Gasteiger partial charge is 0.367 e. The monoisotopic (exact) mass is 232 g/mol. The van der Waals surface area contributed by atoms with Crippen LogP contribution in [0.5, 0.6) is 0 Å². The van der Waals surface area contributed by atoms with Gasteiger partial charge < -0.3 is 10.6 Å². The Morgan fingerprint density at radius 1 is 1.59 bits per heavy atom. The first-order valence-corrected chi connectivity index (χ1v) is 4.98. The summed E-state index contributed by atoms with van der Waals surface area (Å²) in [6, 6.07) is 3.58. The van der Waals surface area contributed by atoms with Crippen LogP contribution in [0.2, 0.25) is 0 Å². The van der Waals surface area contributed by atoms with E-state index in [0.717, 1.165) is 5.69 Å². The highest BCUT2D eigenvalue weighted by atomic mass is 16.2. The number of carbonyl (C=O) groups is 1. The first-order chi connectivity index (χ1) is 8.16. The smallest absolute Gasteiger partial charge is 0.248 e. The highest BCUT2D eigenvalue weighted by Gasteiger charge is 2.12. The summed E-state index contributed by atoms with van der Waals surface area (Å²) in [4.78, 5) is 21.1. The highest BCUT2D eigenvalue weighted by molar-refractivity contribution is 5.92. The number of carbonyl (C=O) groups excluding carboxylic acids is 1. The fourth-order valence-corrected chi connectivity index (χ4v) is 1.33. The van der Waals surface area contributed by atoms with E-state index in [4.69, 9.17) is 5.73 Å². The molecule has 0 aliphatic rings. The van der Waals surface area contributed by atoms with Gasteiger partial charge in [0.2, 0.25) is 11.9 Å². The molecule has 2 aromatic heterocycles. The third-order valence-electron chi connectivity index (χ3n) is 2.26. The molecule has 0 unspecified atom stereocenters. The molecule has 2 N–H and O–H groups in total. The second kappa shape index (κ2) is 4.60. The van der Waals surface area contributed by atoms with E-state index in [0.29, 0.717) is 0 Å². The Balaban J connectivity index is 2.06. The van der Waals surface area contributed by atoms with Crippen molar-refractivity contribution >= 4 is 17.5 Å². The Labute approximate surface area is 97.9 Å². The van der Waals surface area contributed by atoms with Gasteiger partial charge in [-0.05, 0) is 12.1 Å². The minimum atomic E-state index is -0.122. The van der Waals surface area contributed by atoms with E-state index < -0.39 is 0 Å². The predicted octanol–water partition coefficient (Wildman–Crippen LogP) is -0.0817. The molecular weight excluding hydrogens is 220 g/mol. The van der Waals surface area contributed by atoms with Gasteiger partial charge >= 0.3 is 0 Å². The van der Waals surface area contributed by atoms with Crippen LogP contribution in [0.3, 0.4) is 0 Å². The number of aromatic nitrogens is 4. The van der Waals surface area contributed by atoms with E-state index in [-0.39, 0.29) is 18.4 Å². The number of likely N-dealkylation sites (N-methyl/N-ethyl adjacent to an activating group) is 1. The number of hydrogen-bond acceptors (Lipinski definition) is 5. The molecule has 1 amide bonds. The van der Waals surface area contributed by atoms with Gasteiger partial charge in [0.05, 0.1) is 11.9 Å². The Hall–Kier alpha value is -2.44. The lowest BCUT2D eigenvalue weighted by Gasteiger charge is -2.16. The summed E-state index contributed by atoms with van der Waals surface area (Å²) in [5, 5.41) is 3.85. The number of rotatable bonds is 3. The highest BCUT2D eigenvalue weighted by Crippen LogP contribution is 2.09. The van der Waals surface area contributed by atoms with Crippen molar-refractivity contribution in [3.05, 3.63) is 30.9 Å². The number of anilines is 2. The molecule has 2 rings (SSSR count). The van der Waals surface area contributed by atoms with Crippen molar-refractivity contribution in [2.24, 2.45) is 0 Å². The molecule has 0 bridgehead atoms. The molecule has 0 radical (unpaired) electrons. The van der Waals surface area contributed by atoms with Crippen molar-refractivity contribution in [1.29, 1.82) is 0 Å². The number of nitrogen functional groups attached to an aromatic ring is 1. The van der Waals surface area contributed by atoms with Crippen LogP contribution in [-0.2, 0) is 11.3 Å². The van der Waals surface area contributed by atoms with Crippen molar-refractivity contribution < 1.29 is 4.79 Å². The molecule has 0 saturated carbocycles. The van der Waals surface area contributed by atoms with Gasteiger partial charge in [0.15, 0.2) is 0 Å². The fourth-order valence-electron chi connectivity index (χ4n) is 1.33. The molecule has 0 aliphatic carbocycles. The maximum atomic E-state index is 11.9. The first kappa shape index (κ1) is 11.1. The van der Waals surface area contributed by atoms with Crippen LogP contribution in [-0.4, -0.2) is 32.7 Å². The van der Waals surface area contributed by atoms with Gasteiger partial charge in [-0.15, -0.1) is 5.10 Å². The third kappa shape index (κ3) is 2.57.